The Morgan fingerprint density at radius 3 is 3.08 bits per heavy atom. The van der Waals surface area contributed by atoms with Gasteiger partial charge in [-0.05, 0) is 25.3 Å². The van der Waals surface area contributed by atoms with E-state index in [-0.39, 0.29) is 23.8 Å². The number of esters is 1. The fraction of sp³-hybridized carbons (Fsp3) is 0.889. The molecule has 76 valence electrons. The van der Waals surface area contributed by atoms with E-state index in [0.717, 1.165) is 19.5 Å². The molecule has 0 spiro atoms. The predicted octanol–water partition coefficient (Wildman–Crippen LogP) is 0.971. The smallest absolute Gasteiger partial charge is 0.313 e. The minimum atomic E-state index is -0.158. The molecule has 3 nitrogen and oxygen atoms in total. The molecule has 0 aromatic rings. The zero-order valence-electron chi connectivity index (χ0n) is 7.84. The first-order valence-electron chi connectivity index (χ1n) is 4.59. The van der Waals surface area contributed by atoms with Gasteiger partial charge in [-0.15, -0.1) is 12.4 Å². The summed E-state index contributed by atoms with van der Waals surface area (Å²) in [7, 11) is 1.49. The maximum absolute atomic E-state index is 11.6. The van der Waals surface area contributed by atoms with Crippen LogP contribution in [0.4, 0.5) is 0 Å². The molecule has 0 aromatic heterocycles. The zero-order valence-corrected chi connectivity index (χ0v) is 8.65. The van der Waals surface area contributed by atoms with E-state index in [1.807, 2.05) is 0 Å². The van der Waals surface area contributed by atoms with Crippen molar-refractivity contribution in [2.24, 2.45) is 11.3 Å². The highest BCUT2D eigenvalue weighted by Gasteiger charge is 2.52. The summed E-state index contributed by atoms with van der Waals surface area (Å²) in [6.45, 7) is 1.82. The molecule has 1 N–H and O–H groups in total. The number of fused-ring (bicyclic) bond motifs is 1. The number of carbonyl (C=O) groups excluding carboxylic acids is 1. The van der Waals surface area contributed by atoms with Gasteiger partial charge in [0.2, 0.25) is 0 Å². The molecule has 13 heavy (non-hydrogen) atoms. The molecule has 0 amide bonds. The SMILES string of the molecule is COC(=O)C12CCCC1CNC2.Cl. The van der Waals surface area contributed by atoms with Gasteiger partial charge in [0, 0.05) is 6.54 Å². The summed E-state index contributed by atoms with van der Waals surface area (Å²) in [6, 6.07) is 0. The van der Waals surface area contributed by atoms with Gasteiger partial charge in [-0.1, -0.05) is 6.42 Å². The predicted molar refractivity (Wildman–Crippen MR) is 51.9 cm³/mol. The topological polar surface area (TPSA) is 38.3 Å². The molecule has 1 heterocycles. The molecule has 2 atom stereocenters. The molecule has 0 aromatic carbocycles. The second-order valence-electron chi connectivity index (χ2n) is 3.87. The Kier molecular flexibility index (Phi) is 3.19. The largest absolute Gasteiger partial charge is 0.469 e. The van der Waals surface area contributed by atoms with Gasteiger partial charge in [0.25, 0.3) is 0 Å². The van der Waals surface area contributed by atoms with Gasteiger partial charge in [-0.25, -0.2) is 0 Å². The van der Waals surface area contributed by atoms with Crippen molar-refractivity contribution in [1.29, 1.82) is 0 Å². The van der Waals surface area contributed by atoms with Crippen molar-refractivity contribution in [1.82, 2.24) is 5.32 Å². The first kappa shape index (κ1) is 10.8. The number of halogens is 1. The second kappa shape index (κ2) is 3.84. The van der Waals surface area contributed by atoms with Crippen LogP contribution in [0.3, 0.4) is 0 Å². The lowest BCUT2D eigenvalue weighted by atomic mass is 9.81. The summed E-state index contributed by atoms with van der Waals surface area (Å²) in [6.07, 6.45) is 3.38. The van der Waals surface area contributed by atoms with Crippen LogP contribution in [0.1, 0.15) is 19.3 Å². The zero-order chi connectivity index (χ0) is 8.60. The molecule has 1 aliphatic carbocycles. The van der Waals surface area contributed by atoms with Gasteiger partial charge in [0.05, 0.1) is 12.5 Å². The van der Waals surface area contributed by atoms with Gasteiger partial charge in [0.1, 0.15) is 0 Å². The maximum atomic E-state index is 11.6. The molecule has 1 saturated carbocycles. The van der Waals surface area contributed by atoms with Crippen molar-refractivity contribution in [3.63, 3.8) is 0 Å². The Hall–Kier alpha value is -0.280. The molecule has 1 aliphatic heterocycles. The van der Waals surface area contributed by atoms with Crippen LogP contribution in [0, 0.1) is 11.3 Å². The molecule has 2 unspecified atom stereocenters. The Morgan fingerprint density at radius 2 is 2.38 bits per heavy atom. The van der Waals surface area contributed by atoms with E-state index in [0.29, 0.717) is 5.92 Å². The van der Waals surface area contributed by atoms with Crippen molar-refractivity contribution in [2.45, 2.75) is 19.3 Å². The third-order valence-corrected chi connectivity index (χ3v) is 3.38. The average molecular weight is 206 g/mol. The summed E-state index contributed by atoms with van der Waals surface area (Å²) in [5.41, 5.74) is -0.158. The van der Waals surface area contributed by atoms with Gasteiger partial charge in [0.15, 0.2) is 0 Å². The summed E-state index contributed by atoms with van der Waals surface area (Å²) in [5, 5.41) is 3.28. The quantitative estimate of drug-likeness (QED) is 0.649. The van der Waals surface area contributed by atoms with Crippen LogP contribution < -0.4 is 5.32 Å². The molecule has 2 aliphatic rings. The van der Waals surface area contributed by atoms with Crippen LogP contribution in [-0.4, -0.2) is 26.2 Å². The minimum Gasteiger partial charge on any atom is -0.469 e. The number of methoxy groups -OCH3 is 1. The van der Waals surface area contributed by atoms with Gasteiger partial charge >= 0.3 is 5.97 Å². The molecule has 0 bridgehead atoms. The Labute approximate surface area is 84.6 Å². The van der Waals surface area contributed by atoms with E-state index in [2.05, 4.69) is 5.32 Å². The molecule has 2 fully saturated rings. The maximum Gasteiger partial charge on any atom is 0.313 e. The van der Waals surface area contributed by atoms with E-state index in [1.54, 1.807) is 0 Å². The van der Waals surface area contributed by atoms with Crippen LogP contribution >= 0.6 is 12.4 Å². The standard InChI is InChI=1S/C9H15NO2.ClH/c1-12-8(11)9-4-2-3-7(9)5-10-6-9;/h7,10H,2-6H2,1H3;1H. The summed E-state index contributed by atoms with van der Waals surface area (Å²) < 4.78 is 4.86. The average Bonchev–Trinajstić information content (AvgIpc) is 2.60. The van der Waals surface area contributed by atoms with E-state index >= 15 is 0 Å². The highest BCUT2D eigenvalue weighted by molar-refractivity contribution is 5.85. The first-order valence-corrected chi connectivity index (χ1v) is 4.59. The van der Waals surface area contributed by atoms with Gasteiger partial charge < -0.3 is 10.1 Å². The molecular formula is C9H16ClNO2. The molecule has 2 rings (SSSR count). The van der Waals surface area contributed by atoms with Crippen LogP contribution in [0.25, 0.3) is 0 Å². The van der Waals surface area contributed by atoms with Crippen LogP contribution in [0.5, 0.6) is 0 Å². The van der Waals surface area contributed by atoms with Crippen LogP contribution in [0.15, 0.2) is 0 Å². The highest BCUT2D eigenvalue weighted by Crippen LogP contribution is 2.46. The van der Waals surface area contributed by atoms with E-state index in [1.165, 1.54) is 20.0 Å². The molecule has 4 heteroatoms. The number of rotatable bonds is 1. The number of hydrogen-bond donors (Lipinski definition) is 1. The van der Waals surface area contributed by atoms with E-state index in [9.17, 15) is 4.79 Å². The third-order valence-electron chi connectivity index (χ3n) is 3.38. The number of ether oxygens (including phenoxy) is 1. The van der Waals surface area contributed by atoms with Crippen molar-refractivity contribution in [2.75, 3.05) is 20.2 Å². The second-order valence-corrected chi connectivity index (χ2v) is 3.87. The highest BCUT2D eigenvalue weighted by atomic mass is 35.5. The van der Waals surface area contributed by atoms with Crippen molar-refractivity contribution >= 4 is 18.4 Å². The molecule has 0 radical (unpaired) electrons. The first-order chi connectivity index (χ1) is 5.79. The van der Waals surface area contributed by atoms with Gasteiger partial charge in [-0.3, -0.25) is 4.79 Å². The number of nitrogens with one attached hydrogen (secondary N) is 1. The monoisotopic (exact) mass is 205 g/mol. The fourth-order valence-corrected chi connectivity index (χ4v) is 2.69. The van der Waals surface area contributed by atoms with Gasteiger partial charge in [-0.2, -0.15) is 0 Å². The third kappa shape index (κ3) is 1.44. The normalized spacial score (nSPS) is 36.5. The van der Waals surface area contributed by atoms with Crippen molar-refractivity contribution < 1.29 is 9.53 Å². The Morgan fingerprint density at radius 1 is 1.62 bits per heavy atom. The number of carbonyl (C=O) groups is 1. The summed E-state index contributed by atoms with van der Waals surface area (Å²) >= 11 is 0. The molecule has 1 saturated heterocycles. The minimum absolute atomic E-state index is 0. The van der Waals surface area contributed by atoms with Crippen molar-refractivity contribution in [3.05, 3.63) is 0 Å². The Balaban J connectivity index is 0.000000845. The number of hydrogen-bond acceptors (Lipinski definition) is 3. The van der Waals surface area contributed by atoms with Crippen LogP contribution in [-0.2, 0) is 9.53 Å². The lowest BCUT2D eigenvalue weighted by molar-refractivity contribution is -0.153. The van der Waals surface area contributed by atoms with E-state index in [4.69, 9.17) is 4.74 Å². The van der Waals surface area contributed by atoms with Crippen molar-refractivity contribution in [3.8, 4) is 0 Å². The summed E-state index contributed by atoms with van der Waals surface area (Å²) in [4.78, 5) is 11.6. The fourth-order valence-electron chi connectivity index (χ4n) is 2.69. The molecular weight excluding hydrogens is 190 g/mol. The van der Waals surface area contributed by atoms with E-state index < -0.39 is 0 Å². The van der Waals surface area contributed by atoms with Crippen LogP contribution in [0.2, 0.25) is 0 Å². The lowest BCUT2D eigenvalue weighted by Crippen LogP contribution is -2.36. The lowest BCUT2D eigenvalue weighted by Gasteiger charge is -2.24. The summed E-state index contributed by atoms with van der Waals surface area (Å²) in [5.74, 6) is 0.528. The Bertz CT molecular complexity index is 198.